The second-order valence-electron chi connectivity index (χ2n) is 5.08. The Balaban J connectivity index is 1.81. The first-order chi connectivity index (χ1) is 10.1. The molecule has 1 atom stereocenters. The van der Waals surface area contributed by atoms with Crippen LogP contribution in [0.4, 0.5) is 0 Å². The topological polar surface area (TPSA) is 67.8 Å². The van der Waals surface area contributed by atoms with Crippen molar-refractivity contribution in [1.82, 2.24) is 5.32 Å². The monoisotopic (exact) mass is 291 g/mol. The van der Waals surface area contributed by atoms with Gasteiger partial charge >= 0.3 is 0 Å². The van der Waals surface area contributed by atoms with Gasteiger partial charge in [0, 0.05) is 25.6 Å². The van der Waals surface area contributed by atoms with Crippen molar-refractivity contribution in [3.8, 4) is 5.75 Å². The zero-order chi connectivity index (χ0) is 15.1. The normalized spacial score (nSPS) is 21.6. The quantitative estimate of drug-likeness (QED) is 0.777. The molecule has 1 fully saturated rings. The van der Waals surface area contributed by atoms with Crippen LogP contribution in [0.25, 0.3) is 6.08 Å². The van der Waals surface area contributed by atoms with Crippen molar-refractivity contribution in [1.29, 1.82) is 0 Å². The predicted octanol–water partition coefficient (Wildman–Crippen LogP) is 1.37. The second-order valence-corrected chi connectivity index (χ2v) is 5.08. The van der Waals surface area contributed by atoms with Crippen LogP contribution in [0.15, 0.2) is 30.3 Å². The first-order valence-electron chi connectivity index (χ1n) is 7.10. The zero-order valence-electron chi connectivity index (χ0n) is 12.2. The average Bonchev–Trinajstić information content (AvgIpc) is 2.92. The molecule has 5 nitrogen and oxygen atoms in total. The van der Waals surface area contributed by atoms with Crippen molar-refractivity contribution in [2.45, 2.75) is 18.9 Å². The number of amides is 1. The summed E-state index contributed by atoms with van der Waals surface area (Å²) in [6.07, 6.45) is 3.73. The van der Waals surface area contributed by atoms with Gasteiger partial charge < -0.3 is 19.9 Å². The highest BCUT2D eigenvalue weighted by Gasteiger charge is 2.32. The highest BCUT2D eigenvalue weighted by molar-refractivity contribution is 5.91. The van der Waals surface area contributed by atoms with Gasteiger partial charge in [-0.05, 0) is 30.7 Å². The first-order valence-corrected chi connectivity index (χ1v) is 7.10. The minimum Gasteiger partial charge on any atom is -0.494 e. The van der Waals surface area contributed by atoms with Crippen molar-refractivity contribution >= 4 is 12.0 Å². The minimum atomic E-state index is -0.928. The van der Waals surface area contributed by atoms with Crippen LogP contribution in [-0.4, -0.2) is 43.0 Å². The number of nitrogens with one attached hydrogen (secondary N) is 1. The molecule has 1 heterocycles. The molecule has 1 aromatic carbocycles. The van der Waals surface area contributed by atoms with Crippen LogP contribution in [-0.2, 0) is 9.53 Å². The summed E-state index contributed by atoms with van der Waals surface area (Å²) in [6, 6.07) is 7.49. The Hall–Kier alpha value is -1.85. The molecule has 1 aliphatic heterocycles. The molecule has 5 heteroatoms. The number of hydrogen-bond donors (Lipinski definition) is 2. The summed E-state index contributed by atoms with van der Waals surface area (Å²) in [7, 11) is 0. The van der Waals surface area contributed by atoms with Crippen molar-refractivity contribution in [3.63, 3.8) is 0 Å². The molecule has 1 aliphatic rings. The minimum absolute atomic E-state index is 0.208. The Labute approximate surface area is 124 Å². The smallest absolute Gasteiger partial charge is 0.244 e. The number of hydrogen-bond acceptors (Lipinski definition) is 4. The number of carbonyl (C=O) groups is 1. The van der Waals surface area contributed by atoms with Gasteiger partial charge in [0.05, 0.1) is 13.2 Å². The van der Waals surface area contributed by atoms with E-state index in [-0.39, 0.29) is 19.1 Å². The number of ether oxygens (including phenoxy) is 2. The molecule has 1 aromatic rings. The van der Waals surface area contributed by atoms with Gasteiger partial charge in [-0.2, -0.15) is 0 Å². The van der Waals surface area contributed by atoms with Crippen LogP contribution in [0.5, 0.6) is 5.75 Å². The van der Waals surface area contributed by atoms with Gasteiger partial charge in [-0.3, -0.25) is 4.79 Å². The van der Waals surface area contributed by atoms with Gasteiger partial charge in [-0.1, -0.05) is 12.1 Å². The summed E-state index contributed by atoms with van der Waals surface area (Å²) in [5.74, 6) is 0.576. The highest BCUT2D eigenvalue weighted by Crippen LogP contribution is 2.17. The molecule has 1 unspecified atom stereocenters. The van der Waals surface area contributed by atoms with Crippen LogP contribution in [0.3, 0.4) is 0 Å². The zero-order valence-corrected chi connectivity index (χ0v) is 12.2. The number of benzene rings is 1. The lowest BCUT2D eigenvalue weighted by molar-refractivity contribution is -0.117. The summed E-state index contributed by atoms with van der Waals surface area (Å²) < 4.78 is 10.5. The molecule has 0 bridgehead atoms. The van der Waals surface area contributed by atoms with Crippen molar-refractivity contribution in [2.75, 3.05) is 26.4 Å². The SMILES string of the molecule is CCOc1ccc(/C=C/C(=O)NCC2(O)CCOC2)cc1. The summed E-state index contributed by atoms with van der Waals surface area (Å²) in [4.78, 5) is 11.7. The van der Waals surface area contributed by atoms with E-state index >= 15 is 0 Å². The van der Waals surface area contributed by atoms with Gasteiger partial charge in [-0.25, -0.2) is 0 Å². The molecule has 0 saturated carbocycles. The van der Waals surface area contributed by atoms with Gasteiger partial charge in [0.1, 0.15) is 11.4 Å². The first kappa shape index (κ1) is 15.5. The lowest BCUT2D eigenvalue weighted by atomic mass is 10.0. The van der Waals surface area contributed by atoms with Crippen molar-refractivity contribution in [2.24, 2.45) is 0 Å². The Morgan fingerprint density at radius 2 is 2.24 bits per heavy atom. The Morgan fingerprint density at radius 1 is 1.48 bits per heavy atom. The second kappa shape index (κ2) is 7.24. The molecule has 0 radical (unpaired) electrons. The van der Waals surface area contributed by atoms with E-state index in [0.717, 1.165) is 11.3 Å². The van der Waals surface area contributed by atoms with Crippen molar-refractivity contribution < 1.29 is 19.4 Å². The maximum Gasteiger partial charge on any atom is 0.244 e. The van der Waals surface area contributed by atoms with E-state index in [0.29, 0.717) is 19.6 Å². The Bertz CT molecular complexity index is 490. The van der Waals surface area contributed by atoms with Crippen LogP contribution < -0.4 is 10.1 Å². The lowest BCUT2D eigenvalue weighted by Crippen LogP contribution is -2.42. The van der Waals surface area contributed by atoms with E-state index in [2.05, 4.69) is 5.32 Å². The maximum atomic E-state index is 11.7. The summed E-state index contributed by atoms with van der Waals surface area (Å²) in [6.45, 7) is 3.58. The maximum absolute atomic E-state index is 11.7. The largest absolute Gasteiger partial charge is 0.494 e. The number of carbonyl (C=O) groups excluding carboxylic acids is 1. The van der Waals surface area contributed by atoms with Gasteiger partial charge in [0.25, 0.3) is 0 Å². The fourth-order valence-electron chi connectivity index (χ4n) is 2.06. The molecule has 0 aliphatic carbocycles. The molecular weight excluding hydrogens is 270 g/mol. The average molecular weight is 291 g/mol. The van der Waals surface area contributed by atoms with Gasteiger partial charge in [0.2, 0.25) is 5.91 Å². The third-order valence-corrected chi connectivity index (χ3v) is 3.29. The van der Waals surface area contributed by atoms with E-state index in [1.807, 2.05) is 31.2 Å². The van der Waals surface area contributed by atoms with E-state index in [4.69, 9.17) is 9.47 Å². The van der Waals surface area contributed by atoms with Crippen LogP contribution in [0, 0.1) is 0 Å². The molecule has 21 heavy (non-hydrogen) atoms. The summed E-state index contributed by atoms with van der Waals surface area (Å²) in [5.41, 5.74) is -0.0145. The fourth-order valence-corrected chi connectivity index (χ4v) is 2.06. The fraction of sp³-hybridized carbons (Fsp3) is 0.438. The van der Waals surface area contributed by atoms with Crippen LogP contribution in [0.2, 0.25) is 0 Å². The Kier molecular flexibility index (Phi) is 5.36. The van der Waals surface area contributed by atoms with E-state index < -0.39 is 5.60 Å². The molecule has 114 valence electrons. The summed E-state index contributed by atoms with van der Waals surface area (Å²) in [5, 5.41) is 12.7. The molecular formula is C16H21NO4. The van der Waals surface area contributed by atoms with Gasteiger partial charge in [0.15, 0.2) is 0 Å². The van der Waals surface area contributed by atoms with E-state index in [9.17, 15) is 9.90 Å². The molecule has 2 N–H and O–H groups in total. The van der Waals surface area contributed by atoms with Crippen LogP contribution >= 0.6 is 0 Å². The highest BCUT2D eigenvalue weighted by atomic mass is 16.5. The number of rotatable bonds is 6. The number of aliphatic hydroxyl groups is 1. The van der Waals surface area contributed by atoms with Gasteiger partial charge in [-0.15, -0.1) is 0 Å². The molecule has 2 rings (SSSR count). The lowest BCUT2D eigenvalue weighted by Gasteiger charge is -2.19. The third kappa shape index (κ3) is 4.88. The molecule has 0 aromatic heterocycles. The molecule has 1 saturated heterocycles. The Morgan fingerprint density at radius 3 is 2.86 bits per heavy atom. The van der Waals surface area contributed by atoms with E-state index in [1.54, 1.807) is 6.08 Å². The van der Waals surface area contributed by atoms with Crippen molar-refractivity contribution in [3.05, 3.63) is 35.9 Å². The van der Waals surface area contributed by atoms with Crippen LogP contribution in [0.1, 0.15) is 18.9 Å². The molecule has 1 amide bonds. The predicted molar refractivity (Wildman–Crippen MR) is 80.0 cm³/mol. The molecule has 0 spiro atoms. The van der Waals surface area contributed by atoms with E-state index in [1.165, 1.54) is 6.08 Å². The summed E-state index contributed by atoms with van der Waals surface area (Å²) >= 11 is 0. The third-order valence-electron chi connectivity index (χ3n) is 3.29. The standard InChI is InChI=1S/C16H21NO4/c1-2-21-14-6-3-13(4-7-14)5-8-15(18)17-11-16(19)9-10-20-12-16/h3-8,19H,2,9-12H2,1H3,(H,17,18)/b8-5+.